The number of nitrogens with one attached hydrogen (secondary N) is 2. The van der Waals surface area contributed by atoms with E-state index in [-0.39, 0.29) is 48.8 Å². The van der Waals surface area contributed by atoms with E-state index in [0.717, 1.165) is 23.3 Å². The van der Waals surface area contributed by atoms with Crippen molar-refractivity contribution in [3.63, 3.8) is 0 Å². The first-order valence-electron chi connectivity index (χ1n) is 25.3. The highest BCUT2D eigenvalue weighted by atomic mass is 79.9. The second-order valence-corrected chi connectivity index (χ2v) is 22.9. The van der Waals surface area contributed by atoms with Crippen molar-refractivity contribution in [1.29, 1.82) is 0 Å². The van der Waals surface area contributed by atoms with Gasteiger partial charge in [0.1, 0.15) is 24.6 Å². The Morgan fingerprint density at radius 3 is 2.34 bits per heavy atom. The Labute approximate surface area is 446 Å². The van der Waals surface area contributed by atoms with Crippen LogP contribution in [0.15, 0.2) is 72.3 Å². The fourth-order valence-electron chi connectivity index (χ4n) is 12.6. The molecule has 1 heterocycles. The van der Waals surface area contributed by atoms with Crippen molar-refractivity contribution in [3.05, 3.63) is 89.0 Å². The van der Waals surface area contributed by atoms with Crippen molar-refractivity contribution in [2.24, 2.45) is 40.2 Å². The number of allylic oxidation sites excluding steroid dienone is 4. The van der Waals surface area contributed by atoms with Crippen molar-refractivity contribution in [1.82, 2.24) is 5.32 Å². The smallest absolute Gasteiger partial charge is 0.470 e. The van der Waals surface area contributed by atoms with Gasteiger partial charge in [-0.15, -0.1) is 0 Å². The molecule has 0 radical (unpaired) electrons. The van der Waals surface area contributed by atoms with Crippen molar-refractivity contribution in [3.8, 4) is 0 Å². The molecule has 13 atom stereocenters. The first-order valence-corrected chi connectivity index (χ1v) is 27.9. The molecule has 1 aliphatic heterocycles. The zero-order valence-corrected chi connectivity index (χ0v) is 44.5. The highest BCUT2D eigenvalue weighted by molar-refractivity contribution is 9.09. The minimum Gasteiger partial charge on any atom is -0.481 e. The number of aliphatic carboxylic acids is 1. The summed E-state index contributed by atoms with van der Waals surface area (Å²) >= 11 is 3.03. The van der Waals surface area contributed by atoms with Crippen LogP contribution in [0.1, 0.15) is 101 Å². The number of carboxylic acid groups (broad SMARTS) is 1. The third kappa shape index (κ3) is 11.8. The quantitative estimate of drug-likeness (QED) is 0.0369. The summed E-state index contributed by atoms with van der Waals surface area (Å²) in [6, 6.07) is 12.5. The van der Waals surface area contributed by atoms with Gasteiger partial charge in [-0.2, -0.15) is 0 Å². The number of aliphatic hydroxyl groups excluding tert-OH is 2. The molecule has 4 aliphatic carbocycles. The number of ether oxygens (including phenoxy) is 2. The van der Waals surface area contributed by atoms with Crippen molar-refractivity contribution < 1.29 is 86.0 Å². The number of alkyl halides is 3. The number of phosphoric acid groups is 1. The number of phosphoric ester groups is 1. The molecule has 5 aliphatic rings. The summed E-state index contributed by atoms with van der Waals surface area (Å²) in [5.41, 5.74) is 0.342. The fraction of sp³-hybridized carbons (Fsp3) is 0.566. The van der Waals surface area contributed by atoms with E-state index in [0.29, 0.717) is 37.1 Å². The number of fused-ring (bicyclic) bond motifs is 7. The molecule has 2 aromatic rings. The number of nitrogens with two attached hydrogens (primary N) is 1. The average molecular weight is 1150 g/mol. The first kappa shape index (κ1) is 58.9. The summed E-state index contributed by atoms with van der Waals surface area (Å²) in [6.07, 6.45) is -2.83. The number of carbonyl (C=O) groups is 7. The summed E-state index contributed by atoms with van der Waals surface area (Å²) in [7, 11) is -5.19. The van der Waals surface area contributed by atoms with Gasteiger partial charge >= 0.3 is 13.8 Å². The molecule has 3 saturated carbocycles. The molecule has 0 spiro atoms. The number of unbranched alkanes of at least 4 members (excludes halogenated alkanes) is 1. The maximum absolute atomic E-state index is 18.0. The standard InChI is InChI=1S/C53H65BrF2N3O16P/c1-50-16-15-35(61)22-39(50)40(55)23-38-37-24-45-53(44(65)28-73-76(70,71)72,51(37,2)25-43(64)52(38,50)56)75-49(74-45)31-11-9-29(10-12-31)18-30-6-5-8-34(19-30)58-47(68)32(7-3-4-17-57)21-42(63)41(27-60)59-48(69)33(13-14-46(66)67)20-36(62)26-54/h5-6,8-12,15-16,19,22,32-33,37-38,40-41,43,45,49,60,64H,3-4,7,13-14,17-18,20-21,23-28,57H2,1-2H3,(H,58,68)(H,59,69)(H,66,67)(H2,70,71,72)/t32-,33-,37+,38+,40+,41+,43+,45-,49-,50+,51+,52+,53-/m1/s1. The van der Waals surface area contributed by atoms with Gasteiger partial charge in [-0.05, 0) is 105 Å². The van der Waals surface area contributed by atoms with Gasteiger partial charge in [0, 0.05) is 59.1 Å². The van der Waals surface area contributed by atoms with E-state index in [1.54, 1.807) is 49.4 Å². The highest BCUT2D eigenvalue weighted by Gasteiger charge is 2.80. The van der Waals surface area contributed by atoms with Gasteiger partial charge in [0.2, 0.25) is 11.8 Å². The summed E-state index contributed by atoms with van der Waals surface area (Å²) in [5, 5.41) is 36.5. The topological polar surface area (TPSA) is 315 Å². The van der Waals surface area contributed by atoms with Gasteiger partial charge in [0.25, 0.3) is 0 Å². The molecule has 0 aromatic heterocycles. The monoisotopic (exact) mass is 1150 g/mol. The Bertz CT molecular complexity index is 2690. The van der Waals surface area contributed by atoms with E-state index in [2.05, 4.69) is 26.6 Å². The van der Waals surface area contributed by atoms with Gasteiger partial charge < -0.3 is 50.9 Å². The average Bonchev–Trinajstić information content (AvgIpc) is 3.87. The van der Waals surface area contributed by atoms with Crippen LogP contribution in [0.3, 0.4) is 0 Å². The van der Waals surface area contributed by atoms with E-state index in [1.165, 1.54) is 13.0 Å². The van der Waals surface area contributed by atoms with E-state index in [1.807, 2.05) is 6.07 Å². The summed E-state index contributed by atoms with van der Waals surface area (Å²) in [4.78, 5) is 110. The molecule has 76 heavy (non-hydrogen) atoms. The van der Waals surface area contributed by atoms with Crippen LogP contribution in [0.4, 0.5) is 14.5 Å². The number of aliphatic hydroxyl groups is 2. The molecule has 0 unspecified atom stereocenters. The molecule has 0 bridgehead atoms. The van der Waals surface area contributed by atoms with Crippen LogP contribution in [0.5, 0.6) is 0 Å². The number of amides is 2. The van der Waals surface area contributed by atoms with Gasteiger partial charge in [-0.3, -0.25) is 38.1 Å². The van der Waals surface area contributed by atoms with Crippen LogP contribution in [-0.4, -0.2) is 127 Å². The molecular formula is C53H65BrF2N3O16P. The second-order valence-electron chi connectivity index (χ2n) is 21.1. The number of anilines is 1. The van der Waals surface area contributed by atoms with Crippen LogP contribution >= 0.6 is 23.8 Å². The number of rotatable bonds is 25. The molecule has 414 valence electrons. The summed E-state index contributed by atoms with van der Waals surface area (Å²) in [6.45, 7) is 1.48. The molecule has 4 fully saturated rings. The van der Waals surface area contributed by atoms with Gasteiger partial charge in [-0.1, -0.05) is 71.7 Å². The van der Waals surface area contributed by atoms with E-state index < -0.39 is 152 Å². The minimum absolute atomic E-state index is 0.0423. The van der Waals surface area contributed by atoms with Crippen molar-refractivity contribution >= 4 is 70.4 Å². The van der Waals surface area contributed by atoms with Crippen molar-refractivity contribution in [2.45, 2.75) is 126 Å². The fourth-order valence-corrected chi connectivity index (χ4v) is 13.1. The predicted octanol–water partition coefficient (Wildman–Crippen LogP) is 4.99. The lowest BCUT2D eigenvalue weighted by atomic mass is 9.44. The number of hydrogen-bond donors (Lipinski definition) is 8. The summed E-state index contributed by atoms with van der Waals surface area (Å²) in [5.74, 6) is -8.88. The third-order valence-corrected chi connectivity index (χ3v) is 17.5. The number of hydrogen-bond acceptors (Lipinski definition) is 14. The number of halogens is 3. The number of Topliss-reactive ketones (excluding diaryl/α,β-unsaturated/α-hetero) is 3. The normalized spacial score (nSPS) is 30.7. The lowest BCUT2D eigenvalue weighted by Gasteiger charge is -2.63. The van der Waals surface area contributed by atoms with E-state index in [9.17, 15) is 58.1 Å². The first-order chi connectivity index (χ1) is 35.8. The van der Waals surface area contributed by atoms with Crippen molar-refractivity contribution in [2.75, 3.05) is 30.4 Å². The minimum atomic E-state index is -5.19. The number of benzene rings is 2. The highest BCUT2D eigenvalue weighted by Crippen LogP contribution is 2.73. The maximum atomic E-state index is 18.0. The lowest BCUT2D eigenvalue weighted by molar-refractivity contribution is -0.235. The second kappa shape index (κ2) is 23.7. The molecule has 2 amide bonds. The van der Waals surface area contributed by atoms with Crippen LogP contribution in [0.2, 0.25) is 0 Å². The largest absolute Gasteiger partial charge is 0.481 e. The molecule has 2 aromatic carbocycles. The molecule has 1 saturated heterocycles. The molecule has 23 heteroatoms. The Balaban J connectivity index is 1.04. The van der Waals surface area contributed by atoms with E-state index in [4.69, 9.17) is 24.8 Å². The Kier molecular flexibility index (Phi) is 18.4. The number of carbonyl (C=O) groups excluding carboxylic acids is 6. The number of carboxylic acids is 1. The van der Waals surface area contributed by atoms with E-state index >= 15 is 8.78 Å². The van der Waals surface area contributed by atoms with Crippen LogP contribution in [0.25, 0.3) is 0 Å². The van der Waals surface area contributed by atoms with Gasteiger partial charge in [0.05, 0.1) is 24.1 Å². The molecule has 7 rings (SSSR count). The molecule has 19 nitrogen and oxygen atoms in total. The predicted molar refractivity (Wildman–Crippen MR) is 272 cm³/mol. The maximum Gasteiger partial charge on any atom is 0.470 e. The van der Waals surface area contributed by atoms with Gasteiger partial charge in [0.15, 0.2) is 34.9 Å². The zero-order valence-electron chi connectivity index (χ0n) is 42.0. The Morgan fingerprint density at radius 2 is 1.68 bits per heavy atom. The summed E-state index contributed by atoms with van der Waals surface area (Å²) < 4.78 is 63.8. The molecule has 9 N–H and O–H groups in total. The Hall–Kier alpha value is -4.74. The Morgan fingerprint density at radius 1 is 0.974 bits per heavy atom. The molecular weight excluding hydrogens is 1080 g/mol. The van der Waals surface area contributed by atoms with Crippen LogP contribution in [-0.2, 0) is 58.5 Å². The lowest BCUT2D eigenvalue weighted by Crippen LogP contribution is -2.70. The SMILES string of the molecule is C[C@]12C=CC(=O)C=C1[C@@H](F)C[C@H]1[C@@H]3C[C@H]4O[C@@H](c5ccc(Cc6cccc(NC(=O)[C@H](CCCCN)CC(=O)[C@H](CO)NC(=O)[C@H](CCC(=O)O)CC(=O)CBr)c6)cc5)O[C@@]4(C(=O)COP(=O)(O)O)[C@@]3(C)C[C@H](O)[C@@]12F. The number of ketones is 4. The zero-order chi connectivity index (χ0) is 55.5. The third-order valence-electron chi connectivity index (χ3n) is 16.4. The van der Waals surface area contributed by atoms with Crippen LogP contribution < -0.4 is 16.4 Å². The van der Waals surface area contributed by atoms with Crippen LogP contribution in [0, 0.1) is 34.5 Å². The van der Waals surface area contributed by atoms with Gasteiger partial charge in [-0.25, -0.2) is 13.3 Å².